The summed E-state index contributed by atoms with van der Waals surface area (Å²) in [6.07, 6.45) is 0.896. The Bertz CT molecular complexity index is 1170. The zero-order valence-corrected chi connectivity index (χ0v) is 18.8. The van der Waals surface area contributed by atoms with E-state index in [1.165, 1.54) is 0 Å². The monoisotopic (exact) mass is 431 g/mol. The molecule has 2 N–H and O–H groups in total. The molecule has 32 heavy (non-hydrogen) atoms. The zero-order valence-electron chi connectivity index (χ0n) is 18.8. The molecule has 1 saturated heterocycles. The molecule has 0 unspecified atom stereocenters. The van der Waals surface area contributed by atoms with E-state index in [9.17, 15) is 9.59 Å². The highest BCUT2D eigenvalue weighted by Crippen LogP contribution is 2.31. The number of piperidine rings is 1. The van der Waals surface area contributed by atoms with Gasteiger partial charge >= 0.3 is 0 Å². The number of nitrogens with zero attached hydrogens (tertiary/aromatic N) is 2. The van der Waals surface area contributed by atoms with Crippen LogP contribution < -0.4 is 10.5 Å². The number of fused-ring (bicyclic) bond motifs is 1. The number of carbonyl (C=O) groups excluding carboxylic acids is 2. The fourth-order valence-corrected chi connectivity index (χ4v) is 4.36. The van der Waals surface area contributed by atoms with Crippen LogP contribution in [0.1, 0.15) is 52.9 Å². The Balaban J connectivity index is 1.46. The lowest BCUT2D eigenvalue weighted by Crippen LogP contribution is -2.44. The Kier molecular flexibility index (Phi) is 6.12. The van der Waals surface area contributed by atoms with Crippen LogP contribution in [0.5, 0.6) is 5.75 Å². The largest absolute Gasteiger partial charge is 0.481 e. The molecule has 2 amide bonds. The number of para-hydroxylation sites is 1. The Labute approximate surface area is 188 Å². The second-order valence-electron chi connectivity index (χ2n) is 8.54. The Morgan fingerprint density at radius 2 is 1.81 bits per heavy atom. The standard InChI is InChI=1S/C26H29N3O3/c1-16-7-6-10-23(17(16)2)32-18(3)26(31)29-13-11-19(12-14-29)24-21(25(27)30)15-20-8-4-5-9-22(20)28-24/h4-10,15,18-19H,11-14H2,1-3H3,(H2,27,30)/t18-/m1/s1. The molecular formula is C26H29N3O3. The van der Waals surface area contributed by atoms with E-state index < -0.39 is 12.0 Å². The molecule has 166 valence electrons. The van der Waals surface area contributed by atoms with Crippen LogP contribution in [-0.4, -0.2) is 40.9 Å². The molecule has 3 aromatic rings. The second kappa shape index (κ2) is 8.99. The second-order valence-corrected chi connectivity index (χ2v) is 8.54. The van der Waals surface area contributed by atoms with E-state index in [1.807, 2.05) is 67.3 Å². The van der Waals surface area contributed by atoms with Crippen LogP contribution in [0.4, 0.5) is 0 Å². The molecule has 1 fully saturated rings. The normalized spacial score (nSPS) is 15.5. The fraction of sp³-hybridized carbons (Fsp3) is 0.346. The minimum absolute atomic E-state index is 0.0223. The van der Waals surface area contributed by atoms with Gasteiger partial charge in [-0.05, 0) is 62.9 Å². The Morgan fingerprint density at radius 1 is 1.09 bits per heavy atom. The topological polar surface area (TPSA) is 85.5 Å². The summed E-state index contributed by atoms with van der Waals surface area (Å²) in [7, 11) is 0. The van der Waals surface area contributed by atoms with Crippen molar-refractivity contribution >= 4 is 22.7 Å². The maximum absolute atomic E-state index is 13.0. The van der Waals surface area contributed by atoms with Gasteiger partial charge in [0.25, 0.3) is 11.8 Å². The molecule has 4 rings (SSSR count). The van der Waals surface area contributed by atoms with Gasteiger partial charge in [-0.15, -0.1) is 0 Å². The smallest absolute Gasteiger partial charge is 0.263 e. The molecule has 6 heteroatoms. The lowest BCUT2D eigenvalue weighted by Gasteiger charge is -2.34. The molecule has 1 aliphatic rings. The highest BCUT2D eigenvalue weighted by Gasteiger charge is 2.30. The molecule has 0 bridgehead atoms. The molecule has 1 aliphatic heterocycles. The van der Waals surface area contributed by atoms with Crippen molar-refractivity contribution in [3.63, 3.8) is 0 Å². The number of ether oxygens (including phenoxy) is 1. The summed E-state index contributed by atoms with van der Waals surface area (Å²) in [5.74, 6) is 0.340. The number of aryl methyl sites for hydroxylation is 1. The van der Waals surface area contributed by atoms with Crippen LogP contribution in [0, 0.1) is 13.8 Å². The van der Waals surface area contributed by atoms with Gasteiger partial charge in [-0.3, -0.25) is 14.6 Å². The minimum Gasteiger partial charge on any atom is -0.481 e. The number of likely N-dealkylation sites (tertiary alicyclic amines) is 1. The number of carbonyl (C=O) groups is 2. The summed E-state index contributed by atoms with van der Waals surface area (Å²) in [6.45, 7) is 7.01. The lowest BCUT2D eigenvalue weighted by molar-refractivity contribution is -0.139. The highest BCUT2D eigenvalue weighted by atomic mass is 16.5. The molecule has 0 saturated carbocycles. The van der Waals surface area contributed by atoms with Crippen LogP contribution in [0.15, 0.2) is 48.5 Å². The van der Waals surface area contributed by atoms with E-state index in [0.717, 1.165) is 46.3 Å². The number of rotatable bonds is 5. The zero-order chi connectivity index (χ0) is 22.8. The molecule has 0 aliphatic carbocycles. The molecule has 1 atom stereocenters. The number of primary amides is 1. The van der Waals surface area contributed by atoms with Gasteiger partial charge in [0.1, 0.15) is 5.75 Å². The summed E-state index contributed by atoms with van der Waals surface area (Å²) in [6, 6.07) is 15.4. The van der Waals surface area contributed by atoms with E-state index in [-0.39, 0.29) is 11.8 Å². The maximum Gasteiger partial charge on any atom is 0.263 e. The predicted octanol–water partition coefficient (Wildman–Crippen LogP) is 4.12. The van der Waals surface area contributed by atoms with E-state index >= 15 is 0 Å². The van der Waals surface area contributed by atoms with Crippen LogP contribution in [-0.2, 0) is 4.79 Å². The van der Waals surface area contributed by atoms with Gasteiger partial charge in [-0.1, -0.05) is 30.3 Å². The Hall–Kier alpha value is -3.41. The van der Waals surface area contributed by atoms with Gasteiger partial charge in [0.15, 0.2) is 6.10 Å². The van der Waals surface area contributed by atoms with Crippen molar-refractivity contribution in [3.05, 3.63) is 70.9 Å². The third kappa shape index (κ3) is 4.31. The van der Waals surface area contributed by atoms with Crippen molar-refractivity contribution in [3.8, 4) is 5.75 Å². The lowest BCUT2D eigenvalue weighted by atomic mass is 9.89. The summed E-state index contributed by atoms with van der Waals surface area (Å²) in [5.41, 5.74) is 9.91. The predicted molar refractivity (Wildman–Crippen MR) is 125 cm³/mol. The molecule has 2 aromatic carbocycles. The number of aromatic nitrogens is 1. The summed E-state index contributed by atoms with van der Waals surface area (Å²) >= 11 is 0. The van der Waals surface area contributed by atoms with Gasteiger partial charge in [-0.25, -0.2) is 0 Å². The SMILES string of the molecule is Cc1cccc(O[C@H](C)C(=O)N2CCC(c3nc4ccccc4cc3C(N)=O)CC2)c1C. The fourth-order valence-electron chi connectivity index (χ4n) is 4.36. The first-order valence-corrected chi connectivity index (χ1v) is 11.1. The van der Waals surface area contributed by atoms with Crippen molar-refractivity contribution in [1.82, 2.24) is 9.88 Å². The number of benzene rings is 2. The number of pyridine rings is 1. The number of nitrogens with two attached hydrogens (primary N) is 1. The number of amides is 2. The minimum atomic E-state index is -0.563. The average molecular weight is 432 g/mol. The van der Waals surface area contributed by atoms with Crippen LogP contribution in [0.25, 0.3) is 10.9 Å². The van der Waals surface area contributed by atoms with Gasteiger partial charge < -0.3 is 15.4 Å². The van der Waals surface area contributed by atoms with Crippen LogP contribution in [0.3, 0.4) is 0 Å². The van der Waals surface area contributed by atoms with Crippen molar-refractivity contribution in [2.75, 3.05) is 13.1 Å². The van der Waals surface area contributed by atoms with E-state index in [4.69, 9.17) is 15.5 Å². The average Bonchev–Trinajstić information content (AvgIpc) is 2.80. The Morgan fingerprint density at radius 3 is 2.53 bits per heavy atom. The van der Waals surface area contributed by atoms with E-state index in [0.29, 0.717) is 18.7 Å². The number of hydrogen-bond acceptors (Lipinski definition) is 4. The molecular weight excluding hydrogens is 402 g/mol. The molecule has 6 nitrogen and oxygen atoms in total. The van der Waals surface area contributed by atoms with E-state index in [1.54, 1.807) is 6.92 Å². The first-order valence-electron chi connectivity index (χ1n) is 11.1. The van der Waals surface area contributed by atoms with E-state index in [2.05, 4.69) is 0 Å². The van der Waals surface area contributed by atoms with Gasteiger partial charge in [-0.2, -0.15) is 0 Å². The van der Waals surface area contributed by atoms with Gasteiger partial charge in [0.05, 0.1) is 16.8 Å². The van der Waals surface area contributed by atoms with Gasteiger partial charge in [0.2, 0.25) is 0 Å². The van der Waals surface area contributed by atoms with Crippen molar-refractivity contribution < 1.29 is 14.3 Å². The van der Waals surface area contributed by atoms with Crippen LogP contribution in [0.2, 0.25) is 0 Å². The third-order valence-electron chi connectivity index (χ3n) is 6.42. The van der Waals surface area contributed by atoms with Crippen LogP contribution >= 0.6 is 0 Å². The molecule has 0 radical (unpaired) electrons. The highest BCUT2D eigenvalue weighted by molar-refractivity contribution is 5.97. The van der Waals surface area contributed by atoms with Crippen molar-refractivity contribution in [2.24, 2.45) is 5.73 Å². The first kappa shape index (κ1) is 21.8. The first-order chi connectivity index (χ1) is 15.3. The summed E-state index contributed by atoms with van der Waals surface area (Å²) < 4.78 is 5.99. The van der Waals surface area contributed by atoms with Crippen molar-refractivity contribution in [2.45, 2.75) is 45.6 Å². The maximum atomic E-state index is 13.0. The third-order valence-corrected chi connectivity index (χ3v) is 6.42. The summed E-state index contributed by atoms with van der Waals surface area (Å²) in [4.78, 5) is 31.7. The molecule has 2 heterocycles. The quantitative estimate of drug-likeness (QED) is 0.658. The molecule has 0 spiro atoms. The number of hydrogen-bond donors (Lipinski definition) is 1. The summed E-state index contributed by atoms with van der Waals surface area (Å²) in [5, 5.41) is 0.898. The van der Waals surface area contributed by atoms with Crippen molar-refractivity contribution in [1.29, 1.82) is 0 Å². The molecule has 1 aromatic heterocycles. The van der Waals surface area contributed by atoms with Gasteiger partial charge in [0, 0.05) is 24.4 Å².